The molecule has 2 aromatic rings. The summed E-state index contributed by atoms with van der Waals surface area (Å²) in [5.41, 5.74) is 1.09. The Morgan fingerprint density at radius 2 is 1.82 bits per heavy atom. The van der Waals surface area contributed by atoms with Crippen molar-refractivity contribution >= 4 is 29.1 Å². The standard InChI is InChI=1S/C25H27ClN2O5/c1-3-27(4-2)10-11-28-22(16-6-5-7-18(26)14-16)21(24(30)25(28)31)23(29)17-8-9-19-20(15-17)33-13-12-32-19/h5-9,14-15,22,29H,3-4,10-13H2,1-2H3/t22-/m1/s1. The van der Waals surface area contributed by atoms with Crippen LogP contribution in [0.4, 0.5) is 0 Å². The molecule has 1 saturated heterocycles. The average Bonchev–Trinajstić information content (AvgIpc) is 3.09. The number of Topliss-reactive ketones (excluding diaryl/α,β-unsaturated/α-hetero) is 1. The predicted molar refractivity (Wildman–Crippen MR) is 126 cm³/mol. The number of amides is 1. The van der Waals surface area contributed by atoms with Crippen LogP contribution in [0.25, 0.3) is 5.76 Å². The molecule has 2 aliphatic heterocycles. The van der Waals surface area contributed by atoms with Gasteiger partial charge in [-0.05, 0) is 49.0 Å². The molecule has 0 unspecified atom stereocenters. The summed E-state index contributed by atoms with van der Waals surface area (Å²) < 4.78 is 11.2. The fourth-order valence-electron chi connectivity index (χ4n) is 4.27. The van der Waals surface area contributed by atoms with Crippen molar-refractivity contribution in [1.82, 2.24) is 9.80 Å². The second-order valence-electron chi connectivity index (χ2n) is 7.93. The molecule has 1 amide bonds. The van der Waals surface area contributed by atoms with Gasteiger partial charge in [-0.25, -0.2) is 0 Å². The van der Waals surface area contributed by atoms with Gasteiger partial charge in [-0.15, -0.1) is 0 Å². The number of halogens is 1. The SMILES string of the molecule is CCN(CC)CCN1C(=O)C(=O)C(=C(O)c2ccc3c(c2)OCCO3)[C@H]1c1cccc(Cl)c1. The molecule has 1 atom stereocenters. The van der Waals surface area contributed by atoms with Gasteiger partial charge in [-0.1, -0.05) is 37.6 Å². The molecule has 7 nitrogen and oxygen atoms in total. The lowest BCUT2D eigenvalue weighted by Crippen LogP contribution is -2.38. The summed E-state index contributed by atoms with van der Waals surface area (Å²) in [6.07, 6.45) is 0. The Balaban J connectivity index is 1.79. The number of fused-ring (bicyclic) bond motifs is 1. The van der Waals surface area contributed by atoms with Crippen LogP contribution in [0.3, 0.4) is 0 Å². The number of benzene rings is 2. The second kappa shape index (κ2) is 9.85. The zero-order valence-electron chi connectivity index (χ0n) is 18.7. The number of hydrogen-bond acceptors (Lipinski definition) is 6. The molecule has 0 saturated carbocycles. The summed E-state index contributed by atoms with van der Waals surface area (Å²) in [6.45, 7) is 7.57. The highest BCUT2D eigenvalue weighted by Crippen LogP contribution is 2.41. The Kier molecular flexibility index (Phi) is 6.91. The van der Waals surface area contributed by atoms with Gasteiger partial charge in [0.15, 0.2) is 11.5 Å². The Morgan fingerprint density at radius 1 is 1.09 bits per heavy atom. The van der Waals surface area contributed by atoms with Gasteiger partial charge in [0.25, 0.3) is 11.7 Å². The summed E-state index contributed by atoms with van der Waals surface area (Å²) >= 11 is 6.23. The first-order chi connectivity index (χ1) is 15.9. The molecule has 4 rings (SSSR count). The summed E-state index contributed by atoms with van der Waals surface area (Å²) in [7, 11) is 0. The van der Waals surface area contributed by atoms with Crippen molar-refractivity contribution in [3.63, 3.8) is 0 Å². The van der Waals surface area contributed by atoms with Gasteiger partial charge in [-0.3, -0.25) is 9.59 Å². The van der Waals surface area contributed by atoms with Crippen LogP contribution in [0.15, 0.2) is 48.0 Å². The Morgan fingerprint density at radius 3 is 2.52 bits per heavy atom. The van der Waals surface area contributed by atoms with Gasteiger partial charge < -0.3 is 24.4 Å². The summed E-state index contributed by atoms with van der Waals surface area (Å²) in [5.74, 6) is -0.539. The maximum absolute atomic E-state index is 13.2. The molecule has 1 fully saturated rings. The quantitative estimate of drug-likeness (QED) is 0.376. The summed E-state index contributed by atoms with van der Waals surface area (Å²) in [5, 5.41) is 11.7. The van der Waals surface area contributed by atoms with Crippen LogP contribution in [0.1, 0.15) is 31.0 Å². The molecular formula is C25H27ClN2O5. The van der Waals surface area contributed by atoms with Gasteiger partial charge in [0, 0.05) is 23.7 Å². The van der Waals surface area contributed by atoms with E-state index in [1.807, 2.05) is 19.9 Å². The van der Waals surface area contributed by atoms with Crippen molar-refractivity contribution < 1.29 is 24.2 Å². The highest BCUT2D eigenvalue weighted by atomic mass is 35.5. The fourth-order valence-corrected chi connectivity index (χ4v) is 4.47. The lowest BCUT2D eigenvalue weighted by molar-refractivity contribution is -0.140. The maximum atomic E-state index is 13.2. The minimum absolute atomic E-state index is 0.0403. The largest absolute Gasteiger partial charge is 0.507 e. The maximum Gasteiger partial charge on any atom is 0.295 e. The third kappa shape index (κ3) is 4.56. The zero-order chi connectivity index (χ0) is 23.5. The Bertz CT molecular complexity index is 1100. The third-order valence-electron chi connectivity index (χ3n) is 6.07. The van der Waals surface area contributed by atoms with Gasteiger partial charge in [-0.2, -0.15) is 0 Å². The van der Waals surface area contributed by atoms with Crippen molar-refractivity contribution in [2.24, 2.45) is 0 Å². The number of hydrogen-bond donors (Lipinski definition) is 1. The molecule has 0 aliphatic carbocycles. The predicted octanol–water partition coefficient (Wildman–Crippen LogP) is 3.87. The number of carbonyl (C=O) groups is 2. The fraction of sp³-hybridized carbons (Fsp3) is 0.360. The number of aliphatic hydroxyl groups excluding tert-OH is 1. The lowest BCUT2D eigenvalue weighted by atomic mass is 9.95. The molecule has 2 heterocycles. The van der Waals surface area contributed by atoms with Crippen molar-refractivity contribution in [3.8, 4) is 11.5 Å². The number of aliphatic hydroxyl groups is 1. The van der Waals surface area contributed by atoms with Crippen LogP contribution >= 0.6 is 11.6 Å². The number of carbonyl (C=O) groups excluding carboxylic acids is 2. The van der Waals surface area contributed by atoms with E-state index in [1.54, 1.807) is 36.4 Å². The average molecular weight is 471 g/mol. The van der Waals surface area contributed by atoms with E-state index in [4.69, 9.17) is 21.1 Å². The van der Waals surface area contributed by atoms with Crippen LogP contribution in [-0.2, 0) is 9.59 Å². The van der Waals surface area contributed by atoms with Crippen molar-refractivity contribution in [2.75, 3.05) is 39.4 Å². The van der Waals surface area contributed by atoms with E-state index in [0.29, 0.717) is 54.0 Å². The minimum atomic E-state index is -0.743. The van der Waals surface area contributed by atoms with E-state index in [0.717, 1.165) is 13.1 Å². The normalized spacial score (nSPS) is 19.4. The highest BCUT2D eigenvalue weighted by molar-refractivity contribution is 6.46. The minimum Gasteiger partial charge on any atom is -0.507 e. The molecule has 2 aromatic carbocycles. The molecule has 0 radical (unpaired) electrons. The van der Waals surface area contributed by atoms with E-state index >= 15 is 0 Å². The number of rotatable bonds is 7. The smallest absolute Gasteiger partial charge is 0.295 e. The molecule has 1 N–H and O–H groups in total. The Hall–Kier alpha value is -3.03. The second-order valence-corrected chi connectivity index (χ2v) is 8.37. The van der Waals surface area contributed by atoms with E-state index in [1.165, 1.54) is 4.90 Å². The lowest BCUT2D eigenvalue weighted by Gasteiger charge is -2.28. The van der Waals surface area contributed by atoms with E-state index in [2.05, 4.69) is 4.90 Å². The zero-order valence-corrected chi connectivity index (χ0v) is 19.5. The number of ketones is 1. The molecule has 0 spiro atoms. The van der Waals surface area contributed by atoms with Crippen LogP contribution < -0.4 is 9.47 Å². The Labute approximate surface area is 198 Å². The van der Waals surface area contributed by atoms with Crippen LogP contribution in [0.5, 0.6) is 11.5 Å². The van der Waals surface area contributed by atoms with E-state index in [-0.39, 0.29) is 11.3 Å². The van der Waals surface area contributed by atoms with Gasteiger partial charge in [0.05, 0.1) is 11.6 Å². The molecule has 0 bridgehead atoms. The molecule has 0 aromatic heterocycles. The van der Waals surface area contributed by atoms with Crippen LogP contribution in [-0.4, -0.2) is 66.0 Å². The monoisotopic (exact) mass is 470 g/mol. The van der Waals surface area contributed by atoms with Crippen molar-refractivity contribution in [3.05, 3.63) is 64.2 Å². The van der Waals surface area contributed by atoms with Crippen LogP contribution in [0, 0.1) is 0 Å². The third-order valence-corrected chi connectivity index (χ3v) is 6.31. The first-order valence-electron chi connectivity index (χ1n) is 11.1. The molecular weight excluding hydrogens is 444 g/mol. The van der Waals surface area contributed by atoms with Gasteiger partial charge in [0.1, 0.15) is 19.0 Å². The first-order valence-corrected chi connectivity index (χ1v) is 11.5. The van der Waals surface area contributed by atoms with E-state index < -0.39 is 17.7 Å². The van der Waals surface area contributed by atoms with Crippen molar-refractivity contribution in [1.29, 1.82) is 0 Å². The number of nitrogens with zero attached hydrogens (tertiary/aromatic N) is 2. The van der Waals surface area contributed by atoms with Gasteiger partial charge >= 0.3 is 0 Å². The highest BCUT2D eigenvalue weighted by Gasteiger charge is 2.46. The van der Waals surface area contributed by atoms with Crippen LogP contribution in [0.2, 0.25) is 5.02 Å². The molecule has 2 aliphatic rings. The number of likely N-dealkylation sites (tertiary alicyclic amines) is 1. The first kappa shape index (κ1) is 23.1. The molecule has 8 heteroatoms. The van der Waals surface area contributed by atoms with E-state index in [9.17, 15) is 14.7 Å². The van der Waals surface area contributed by atoms with Gasteiger partial charge in [0.2, 0.25) is 0 Å². The topological polar surface area (TPSA) is 79.3 Å². The summed E-state index contributed by atoms with van der Waals surface area (Å²) in [6, 6.07) is 11.3. The van der Waals surface area contributed by atoms with Crippen molar-refractivity contribution in [2.45, 2.75) is 19.9 Å². The number of ether oxygens (including phenoxy) is 2. The number of likely N-dealkylation sites (N-methyl/N-ethyl adjacent to an activating group) is 1. The summed E-state index contributed by atoms with van der Waals surface area (Å²) in [4.78, 5) is 29.9. The molecule has 174 valence electrons. The molecule has 33 heavy (non-hydrogen) atoms.